The van der Waals surface area contributed by atoms with Crippen LogP contribution in [0.5, 0.6) is 5.75 Å². The molecule has 0 fully saturated rings. The molecule has 2 unspecified atom stereocenters. The summed E-state index contributed by atoms with van der Waals surface area (Å²) < 4.78 is 6.76. The smallest absolute Gasteiger partial charge is 0.135 e. The van der Waals surface area contributed by atoms with E-state index in [0.717, 1.165) is 77.6 Å². The third-order valence-electron chi connectivity index (χ3n) is 9.95. The summed E-state index contributed by atoms with van der Waals surface area (Å²) in [5.41, 5.74) is 9.57. The van der Waals surface area contributed by atoms with Gasteiger partial charge in [0.1, 0.15) is 11.4 Å². The number of nitrogens with zero attached hydrogens (tertiary/aromatic N) is 4. The number of benzene rings is 5. The molecule has 3 heterocycles. The minimum absolute atomic E-state index is 0.0840. The summed E-state index contributed by atoms with van der Waals surface area (Å²) >= 11 is 0. The second kappa shape index (κ2) is 11.4. The SMILES string of the molecule is CC12C=CC=CC1c1cc3c(-c4cccc(-c5cc(C#N)ccn5)c4)c4ccccc4c(-c4cccc(-c5cc(C#N)ccn5)c4)c3cc1O2. The van der Waals surface area contributed by atoms with Gasteiger partial charge in [0, 0.05) is 35.0 Å². The molecule has 7 aromatic rings. The Balaban J connectivity index is 1.35. The monoisotopic (exact) mass is 640 g/mol. The molecule has 5 heteroatoms. The minimum atomic E-state index is -0.469. The van der Waals surface area contributed by atoms with E-state index < -0.39 is 5.60 Å². The summed E-state index contributed by atoms with van der Waals surface area (Å²) in [6.07, 6.45) is 11.9. The molecule has 9 rings (SSSR count). The minimum Gasteiger partial charge on any atom is -0.482 e. The Morgan fingerprint density at radius 3 is 1.74 bits per heavy atom. The first-order valence-electron chi connectivity index (χ1n) is 16.5. The molecule has 2 atom stereocenters. The fraction of sp³-hybridized carbons (Fsp3) is 0.0667. The Labute approximate surface area is 289 Å². The Hall–Kier alpha value is -6.82. The van der Waals surface area contributed by atoms with Crippen LogP contribution in [0.25, 0.3) is 66.3 Å². The first-order chi connectivity index (χ1) is 24.5. The number of nitriles is 2. The fourth-order valence-electron chi connectivity index (χ4n) is 7.62. The van der Waals surface area contributed by atoms with E-state index in [-0.39, 0.29) is 5.92 Å². The van der Waals surface area contributed by atoms with Gasteiger partial charge in [-0.25, -0.2) is 0 Å². The Morgan fingerprint density at radius 2 is 1.16 bits per heavy atom. The van der Waals surface area contributed by atoms with E-state index in [2.05, 4.69) is 126 Å². The van der Waals surface area contributed by atoms with Crippen molar-refractivity contribution in [1.29, 1.82) is 10.5 Å². The molecule has 0 amide bonds. The molecule has 0 bridgehead atoms. The zero-order chi connectivity index (χ0) is 33.8. The van der Waals surface area contributed by atoms with Gasteiger partial charge in [-0.2, -0.15) is 10.5 Å². The summed E-state index contributed by atoms with van der Waals surface area (Å²) in [5.74, 6) is 0.968. The van der Waals surface area contributed by atoms with E-state index in [4.69, 9.17) is 4.74 Å². The lowest BCUT2D eigenvalue weighted by Crippen LogP contribution is -2.32. The van der Waals surface area contributed by atoms with E-state index in [1.165, 1.54) is 0 Å². The van der Waals surface area contributed by atoms with Crippen molar-refractivity contribution < 1.29 is 4.74 Å². The quantitative estimate of drug-likeness (QED) is 0.179. The molecule has 0 radical (unpaired) electrons. The molecule has 5 aromatic carbocycles. The Kier molecular flexibility index (Phi) is 6.69. The lowest BCUT2D eigenvalue weighted by atomic mass is 9.80. The normalized spacial score (nSPS) is 17.1. The van der Waals surface area contributed by atoms with Crippen LogP contribution in [0.15, 0.2) is 146 Å². The molecule has 0 N–H and O–H groups in total. The number of fused-ring (bicyclic) bond motifs is 5. The average molecular weight is 641 g/mol. The van der Waals surface area contributed by atoms with Crippen LogP contribution in [0, 0.1) is 22.7 Å². The number of pyridine rings is 2. The maximum Gasteiger partial charge on any atom is 0.135 e. The van der Waals surface area contributed by atoms with Gasteiger partial charge in [-0.15, -0.1) is 0 Å². The number of allylic oxidation sites excluding steroid dienone is 2. The second-order valence-corrected chi connectivity index (χ2v) is 13.0. The lowest BCUT2D eigenvalue weighted by molar-refractivity contribution is 0.155. The van der Waals surface area contributed by atoms with Crippen LogP contribution >= 0.6 is 0 Å². The van der Waals surface area contributed by atoms with Crippen LogP contribution < -0.4 is 4.74 Å². The van der Waals surface area contributed by atoms with Gasteiger partial charge in [0.2, 0.25) is 0 Å². The van der Waals surface area contributed by atoms with Crippen LogP contribution in [-0.4, -0.2) is 15.6 Å². The van der Waals surface area contributed by atoms with Gasteiger partial charge >= 0.3 is 0 Å². The van der Waals surface area contributed by atoms with Crippen LogP contribution in [0.4, 0.5) is 0 Å². The highest BCUT2D eigenvalue weighted by Crippen LogP contribution is 2.53. The van der Waals surface area contributed by atoms with Gasteiger partial charge in [-0.1, -0.05) is 78.9 Å². The van der Waals surface area contributed by atoms with Crippen molar-refractivity contribution in [3.8, 4) is 62.7 Å². The van der Waals surface area contributed by atoms with Crippen molar-refractivity contribution in [3.05, 3.63) is 163 Å². The van der Waals surface area contributed by atoms with Gasteiger partial charge < -0.3 is 4.74 Å². The first kappa shape index (κ1) is 29.3. The zero-order valence-corrected chi connectivity index (χ0v) is 27.1. The molecule has 1 aliphatic heterocycles. The topological polar surface area (TPSA) is 82.6 Å². The Bertz CT molecular complexity index is 2690. The van der Waals surface area contributed by atoms with Crippen molar-refractivity contribution in [2.24, 2.45) is 0 Å². The van der Waals surface area contributed by atoms with E-state index in [0.29, 0.717) is 11.1 Å². The first-order valence-corrected chi connectivity index (χ1v) is 16.5. The average Bonchev–Trinajstić information content (AvgIpc) is 3.47. The summed E-state index contributed by atoms with van der Waals surface area (Å²) in [6, 6.07) is 41.6. The summed E-state index contributed by atoms with van der Waals surface area (Å²) in [7, 11) is 0. The predicted octanol–water partition coefficient (Wildman–Crippen LogP) is 10.6. The molecular weight excluding hydrogens is 613 g/mol. The molecule has 50 heavy (non-hydrogen) atoms. The number of hydrogen-bond acceptors (Lipinski definition) is 5. The van der Waals surface area contributed by atoms with Gasteiger partial charge in [0.15, 0.2) is 0 Å². The number of hydrogen-bond donors (Lipinski definition) is 0. The number of aromatic nitrogens is 2. The fourth-order valence-corrected chi connectivity index (χ4v) is 7.62. The van der Waals surface area contributed by atoms with Crippen LogP contribution in [0.1, 0.15) is 29.5 Å². The van der Waals surface area contributed by atoms with Crippen molar-refractivity contribution in [1.82, 2.24) is 9.97 Å². The molecule has 0 spiro atoms. The van der Waals surface area contributed by atoms with Gasteiger partial charge in [0.25, 0.3) is 0 Å². The zero-order valence-electron chi connectivity index (χ0n) is 27.1. The van der Waals surface area contributed by atoms with E-state index in [1.807, 2.05) is 24.3 Å². The largest absolute Gasteiger partial charge is 0.482 e. The van der Waals surface area contributed by atoms with E-state index in [1.54, 1.807) is 24.5 Å². The van der Waals surface area contributed by atoms with Crippen molar-refractivity contribution in [2.45, 2.75) is 18.4 Å². The molecule has 0 saturated heterocycles. The van der Waals surface area contributed by atoms with Crippen LogP contribution in [0.3, 0.4) is 0 Å². The van der Waals surface area contributed by atoms with Crippen LogP contribution in [-0.2, 0) is 0 Å². The van der Waals surface area contributed by atoms with Crippen LogP contribution in [0.2, 0.25) is 0 Å². The van der Waals surface area contributed by atoms with Gasteiger partial charge in [0.05, 0.1) is 34.7 Å². The molecule has 2 aromatic heterocycles. The molecular formula is C45H28N4O. The predicted molar refractivity (Wildman–Crippen MR) is 198 cm³/mol. The molecule has 0 saturated carbocycles. The van der Waals surface area contributed by atoms with Gasteiger partial charge in [-0.05, 0) is 105 Å². The standard InChI is InChI=1S/C45H28N4O/c1-45-17-5-4-14-39(45)38-24-36-37(25-42(38)50-45)44(33-11-7-9-31(23-33)41-21-29(27-47)16-19-49-41)35-13-3-2-12-34(35)43(36)32-10-6-8-30(22-32)40-20-28(26-46)15-18-48-40/h2-25,39H,1H3. The third kappa shape index (κ3) is 4.68. The molecule has 2 aliphatic rings. The Morgan fingerprint density at radius 1 is 0.600 bits per heavy atom. The molecule has 5 nitrogen and oxygen atoms in total. The molecule has 234 valence electrons. The highest BCUT2D eigenvalue weighted by Gasteiger charge is 2.43. The van der Waals surface area contributed by atoms with Crippen molar-refractivity contribution in [3.63, 3.8) is 0 Å². The maximum atomic E-state index is 9.57. The highest BCUT2D eigenvalue weighted by atomic mass is 16.5. The second-order valence-electron chi connectivity index (χ2n) is 13.0. The van der Waals surface area contributed by atoms with E-state index in [9.17, 15) is 10.5 Å². The molecule has 1 aliphatic carbocycles. The third-order valence-corrected chi connectivity index (χ3v) is 9.95. The van der Waals surface area contributed by atoms with Crippen molar-refractivity contribution in [2.75, 3.05) is 0 Å². The summed E-state index contributed by atoms with van der Waals surface area (Å²) in [5, 5.41) is 23.6. The van der Waals surface area contributed by atoms with Crippen molar-refractivity contribution >= 4 is 21.5 Å². The number of ether oxygens (including phenoxy) is 1. The number of rotatable bonds is 4. The lowest BCUT2D eigenvalue weighted by Gasteiger charge is -2.27. The van der Waals surface area contributed by atoms with Gasteiger partial charge in [-0.3, -0.25) is 9.97 Å². The summed E-state index contributed by atoms with van der Waals surface area (Å²) in [6.45, 7) is 2.15. The maximum absolute atomic E-state index is 9.57. The summed E-state index contributed by atoms with van der Waals surface area (Å²) in [4.78, 5) is 9.21. The van der Waals surface area contributed by atoms with E-state index >= 15 is 0 Å². The highest BCUT2D eigenvalue weighted by molar-refractivity contribution is 6.22.